The number of hydrogen-bond donors (Lipinski definition) is 1. The largest absolute Gasteiger partial charge is 0.497 e. The molecule has 0 saturated heterocycles. The average Bonchev–Trinajstić information content (AvgIpc) is 2.89. The van der Waals surface area contributed by atoms with Crippen LogP contribution in [0.5, 0.6) is 11.5 Å². The summed E-state index contributed by atoms with van der Waals surface area (Å²) in [5.41, 5.74) is 6.54. The van der Waals surface area contributed by atoms with Gasteiger partial charge in [-0.1, -0.05) is 5.16 Å². The highest BCUT2D eigenvalue weighted by Crippen LogP contribution is 2.24. The first kappa shape index (κ1) is 11.5. The summed E-state index contributed by atoms with van der Waals surface area (Å²) in [6.45, 7) is 0.724. The normalized spacial score (nSPS) is 10.2. The van der Waals surface area contributed by atoms with Gasteiger partial charge in [-0.15, -0.1) is 0 Å². The van der Waals surface area contributed by atoms with Crippen LogP contribution < -0.4 is 15.2 Å². The van der Waals surface area contributed by atoms with E-state index in [9.17, 15) is 0 Å². The molecule has 1 aromatic carbocycles. The van der Waals surface area contributed by atoms with Gasteiger partial charge in [-0.2, -0.15) is 0 Å². The van der Waals surface area contributed by atoms with Gasteiger partial charge in [0.25, 0.3) is 0 Å². The van der Waals surface area contributed by atoms with Crippen molar-refractivity contribution in [1.29, 1.82) is 0 Å². The van der Waals surface area contributed by atoms with Gasteiger partial charge in [0.15, 0.2) is 5.76 Å². The molecule has 0 aliphatic heterocycles. The van der Waals surface area contributed by atoms with Gasteiger partial charge in [0, 0.05) is 18.2 Å². The lowest BCUT2D eigenvalue weighted by Gasteiger charge is -2.10. The van der Waals surface area contributed by atoms with E-state index in [1.807, 2.05) is 18.2 Å². The molecule has 90 valence electrons. The van der Waals surface area contributed by atoms with Crippen LogP contribution in [0.15, 0.2) is 35.0 Å². The molecule has 0 fully saturated rings. The van der Waals surface area contributed by atoms with Gasteiger partial charge < -0.3 is 19.7 Å². The second-order valence-corrected chi connectivity index (χ2v) is 3.45. The maximum Gasteiger partial charge on any atom is 0.174 e. The van der Waals surface area contributed by atoms with Gasteiger partial charge in [0.1, 0.15) is 18.1 Å². The second-order valence-electron chi connectivity index (χ2n) is 3.45. The summed E-state index contributed by atoms with van der Waals surface area (Å²) < 4.78 is 15.7. The molecule has 5 heteroatoms. The summed E-state index contributed by atoms with van der Waals surface area (Å²) in [6.07, 6.45) is 1.58. The van der Waals surface area contributed by atoms with Crippen molar-refractivity contribution in [2.45, 2.75) is 13.2 Å². The Morgan fingerprint density at radius 1 is 1.35 bits per heavy atom. The fourth-order valence-electron chi connectivity index (χ4n) is 1.45. The quantitative estimate of drug-likeness (QED) is 0.852. The van der Waals surface area contributed by atoms with Crippen molar-refractivity contribution in [2.75, 3.05) is 7.11 Å². The molecule has 0 bridgehead atoms. The van der Waals surface area contributed by atoms with Crippen LogP contribution in [0.25, 0.3) is 0 Å². The topological polar surface area (TPSA) is 70.5 Å². The van der Waals surface area contributed by atoms with Crippen molar-refractivity contribution in [3.63, 3.8) is 0 Å². The molecule has 0 atom stereocenters. The molecule has 0 aliphatic rings. The van der Waals surface area contributed by atoms with E-state index in [1.54, 1.807) is 19.4 Å². The average molecular weight is 234 g/mol. The number of hydrogen-bond acceptors (Lipinski definition) is 5. The summed E-state index contributed by atoms with van der Waals surface area (Å²) in [6, 6.07) is 7.27. The van der Waals surface area contributed by atoms with Crippen molar-refractivity contribution in [1.82, 2.24) is 5.16 Å². The Hall–Kier alpha value is -2.01. The number of aromatic nitrogens is 1. The summed E-state index contributed by atoms with van der Waals surface area (Å²) in [5.74, 6) is 2.16. The van der Waals surface area contributed by atoms with Crippen molar-refractivity contribution in [3.8, 4) is 11.5 Å². The molecule has 0 saturated carbocycles. The van der Waals surface area contributed by atoms with E-state index >= 15 is 0 Å². The highest BCUT2D eigenvalue weighted by Gasteiger charge is 2.06. The van der Waals surface area contributed by atoms with E-state index in [0.29, 0.717) is 18.9 Å². The fourth-order valence-corrected chi connectivity index (χ4v) is 1.45. The zero-order chi connectivity index (χ0) is 12.1. The maximum absolute atomic E-state index is 5.65. The molecule has 1 heterocycles. The van der Waals surface area contributed by atoms with Crippen LogP contribution in [-0.2, 0) is 13.2 Å². The third-order valence-corrected chi connectivity index (χ3v) is 2.35. The van der Waals surface area contributed by atoms with Gasteiger partial charge in [0.05, 0.1) is 13.3 Å². The Kier molecular flexibility index (Phi) is 3.62. The van der Waals surface area contributed by atoms with Gasteiger partial charge in [-0.25, -0.2) is 0 Å². The molecular formula is C12H14N2O3. The minimum Gasteiger partial charge on any atom is -0.497 e. The summed E-state index contributed by atoms with van der Waals surface area (Å²) in [7, 11) is 1.62. The van der Waals surface area contributed by atoms with Crippen LogP contribution in [0.4, 0.5) is 0 Å². The van der Waals surface area contributed by atoms with E-state index in [-0.39, 0.29) is 0 Å². The minimum atomic E-state index is 0.333. The van der Waals surface area contributed by atoms with Crippen molar-refractivity contribution < 1.29 is 14.0 Å². The lowest BCUT2D eigenvalue weighted by atomic mass is 10.2. The van der Waals surface area contributed by atoms with Gasteiger partial charge in [-0.3, -0.25) is 0 Å². The molecule has 5 nitrogen and oxygen atoms in total. The molecule has 0 spiro atoms. The molecule has 0 unspecified atom stereocenters. The van der Waals surface area contributed by atoms with Gasteiger partial charge in [0.2, 0.25) is 0 Å². The summed E-state index contributed by atoms with van der Waals surface area (Å²) in [5, 5.41) is 3.60. The number of methoxy groups -OCH3 is 1. The van der Waals surface area contributed by atoms with Crippen LogP contribution in [0.3, 0.4) is 0 Å². The Bertz CT molecular complexity index is 469. The number of ether oxygens (including phenoxy) is 2. The number of nitrogens with two attached hydrogens (primary N) is 1. The summed E-state index contributed by atoms with van der Waals surface area (Å²) in [4.78, 5) is 0. The van der Waals surface area contributed by atoms with E-state index < -0.39 is 0 Å². The minimum absolute atomic E-state index is 0.333. The molecule has 1 aromatic heterocycles. The molecule has 2 rings (SSSR count). The highest BCUT2D eigenvalue weighted by molar-refractivity contribution is 5.40. The molecule has 0 aliphatic carbocycles. The van der Waals surface area contributed by atoms with Crippen LogP contribution >= 0.6 is 0 Å². The third-order valence-electron chi connectivity index (χ3n) is 2.35. The molecule has 0 radical (unpaired) electrons. The fraction of sp³-hybridized carbons (Fsp3) is 0.250. The highest BCUT2D eigenvalue weighted by atomic mass is 16.5. The van der Waals surface area contributed by atoms with Crippen LogP contribution in [0.1, 0.15) is 11.3 Å². The van der Waals surface area contributed by atoms with Crippen LogP contribution in [-0.4, -0.2) is 12.3 Å². The molecule has 0 amide bonds. The van der Waals surface area contributed by atoms with E-state index in [1.165, 1.54) is 0 Å². The predicted molar refractivity (Wildman–Crippen MR) is 61.7 cm³/mol. The molecule has 2 aromatic rings. The Morgan fingerprint density at radius 2 is 2.24 bits per heavy atom. The Balaban J connectivity index is 2.09. The summed E-state index contributed by atoms with van der Waals surface area (Å²) >= 11 is 0. The van der Waals surface area contributed by atoms with Crippen LogP contribution in [0, 0.1) is 0 Å². The molecule has 17 heavy (non-hydrogen) atoms. The van der Waals surface area contributed by atoms with Crippen LogP contribution in [0.2, 0.25) is 0 Å². The molecular weight excluding hydrogens is 220 g/mol. The van der Waals surface area contributed by atoms with E-state index in [4.69, 9.17) is 19.7 Å². The maximum atomic E-state index is 5.65. The number of nitrogens with zero attached hydrogens (tertiary/aromatic N) is 1. The number of benzene rings is 1. The van der Waals surface area contributed by atoms with Gasteiger partial charge in [-0.05, 0) is 18.2 Å². The van der Waals surface area contributed by atoms with Crippen molar-refractivity contribution >= 4 is 0 Å². The van der Waals surface area contributed by atoms with Crippen molar-refractivity contribution in [2.24, 2.45) is 5.73 Å². The Labute approximate surface area is 99.1 Å². The van der Waals surface area contributed by atoms with E-state index in [2.05, 4.69) is 5.16 Å². The third kappa shape index (κ3) is 2.76. The lowest BCUT2D eigenvalue weighted by Crippen LogP contribution is -2.02. The van der Waals surface area contributed by atoms with Gasteiger partial charge >= 0.3 is 0 Å². The zero-order valence-corrected chi connectivity index (χ0v) is 9.55. The first-order valence-electron chi connectivity index (χ1n) is 5.23. The standard InChI is InChI=1S/C12H14N2O3/c1-15-10-2-3-12(9(6-10)7-13)16-8-11-4-5-14-17-11/h2-6H,7-8,13H2,1H3. The lowest BCUT2D eigenvalue weighted by molar-refractivity contribution is 0.247. The van der Waals surface area contributed by atoms with E-state index in [0.717, 1.165) is 17.1 Å². The van der Waals surface area contributed by atoms with Crippen molar-refractivity contribution in [3.05, 3.63) is 41.8 Å². The zero-order valence-electron chi connectivity index (χ0n) is 9.55. The molecule has 2 N–H and O–H groups in total. The monoisotopic (exact) mass is 234 g/mol. The second kappa shape index (κ2) is 5.36. The first-order chi connectivity index (χ1) is 8.33. The smallest absolute Gasteiger partial charge is 0.174 e. The first-order valence-corrected chi connectivity index (χ1v) is 5.23. The predicted octanol–water partition coefficient (Wildman–Crippen LogP) is 1.72. The Morgan fingerprint density at radius 3 is 2.88 bits per heavy atom. The number of rotatable bonds is 5. The SMILES string of the molecule is COc1ccc(OCc2ccno2)c(CN)c1.